The van der Waals surface area contributed by atoms with Crippen molar-refractivity contribution >= 4 is 28.1 Å². The Morgan fingerprint density at radius 1 is 1.42 bits per heavy atom. The Morgan fingerprint density at radius 3 is 2.84 bits per heavy atom. The third-order valence-electron chi connectivity index (χ3n) is 4.32. The molecule has 1 atom stereocenters. The molecule has 0 radical (unpaired) electrons. The molecule has 1 N–H and O–H groups in total. The molecule has 0 aliphatic heterocycles. The van der Waals surface area contributed by atoms with Crippen molar-refractivity contribution in [1.29, 1.82) is 5.26 Å². The average Bonchev–Trinajstić information content (AvgIpc) is 2.76. The summed E-state index contributed by atoms with van der Waals surface area (Å²) < 4.78 is 17.2. The van der Waals surface area contributed by atoms with Crippen LogP contribution in [-0.4, -0.2) is 36.9 Å². The molecule has 8 nitrogen and oxygen atoms in total. The van der Waals surface area contributed by atoms with Crippen LogP contribution in [0.15, 0.2) is 33.8 Å². The van der Waals surface area contributed by atoms with E-state index in [0.29, 0.717) is 21.5 Å². The molecule has 0 spiro atoms. The van der Waals surface area contributed by atoms with Crippen LogP contribution in [0.4, 0.5) is 0 Å². The van der Waals surface area contributed by atoms with E-state index in [4.69, 9.17) is 14.2 Å². The highest BCUT2D eigenvalue weighted by Gasteiger charge is 2.18. The van der Waals surface area contributed by atoms with Gasteiger partial charge in [0.1, 0.15) is 17.4 Å². The van der Waals surface area contributed by atoms with Crippen molar-refractivity contribution < 1.29 is 19.0 Å². The van der Waals surface area contributed by atoms with Gasteiger partial charge in [-0.1, -0.05) is 19.1 Å². The van der Waals surface area contributed by atoms with Crippen LogP contribution in [0.1, 0.15) is 42.7 Å². The quantitative estimate of drug-likeness (QED) is 0.401. The van der Waals surface area contributed by atoms with E-state index >= 15 is 0 Å². The van der Waals surface area contributed by atoms with Crippen molar-refractivity contribution in [2.45, 2.75) is 39.9 Å². The standard InChI is InChI=1S/C22H25BrN4O4/c1-5-14(2)31-19-9-7-6-8-16(19)11-25-27-20(28)13-30-22-17(10-24)18(12-29-4)21(23)15(3)26-22/h6-9,11,14H,5,12-13H2,1-4H3,(H,27,28)/b25-11-/t14-/m1/s1. The lowest BCUT2D eigenvalue weighted by Crippen LogP contribution is -2.25. The zero-order valence-electron chi connectivity index (χ0n) is 17.9. The summed E-state index contributed by atoms with van der Waals surface area (Å²) in [6.07, 6.45) is 2.45. The van der Waals surface area contributed by atoms with Crippen molar-refractivity contribution in [2.24, 2.45) is 5.10 Å². The van der Waals surface area contributed by atoms with Crippen LogP contribution in [0, 0.1) is 18.3 Å². The summed E-state index contributed by atoms with van der Waals surface area (Å²) in [5, 5.41) is 13.5. The molecule has 1 aromatic carbocycles. The Kier molecular flexibility index (Phi) is 9.43. The van der Waals surface area contributed by atoms with Gasteiger partial charge < -0.3 is 14.2 Å². The van der Waals surface area contributed by atoms with E-state index in [1.807, 2.05) is 38.1 Å². The molecule has 2 aromatic rings. The van der Waals surface area contributed by atoms with E-state index in [9.17, 15) is 10.1 Å². The molecule has 2 rings (SSSR count). The molecule has 1 aromatic heterocycles. The van der Waals surface area contributed by atoms with Crippen LogP contribution in [0.3, 0.4) is 0 Å². The van der Waals surface area contributed by atoms with Gasteiger partial charge in [0, 0.05) is 22.7 Å². The maximum atomic E-state index is 12.2. The maximum Gasteiger partial charge on any atom is 0.278 e. The first-order chi connectivity index (χ1) is 14.9. The molecule has 0 bridgehead atoms. The van der Waals surface area contributed by atoms with Gasteiger partial charge in [-0.2, -0.15) is 10.4 Å². The molecule has 9 heteroatoms. The Labute approximate surface area is 190 Å². The molecule has 0 aliphatic rings. The fourth-order valence-corrected chi connectivity index (χ4v) is 2.95. The minimum absolute atomic E-state index is 0.0664. The minimum Gasteiger partial charge on any atom is -0.490 e. The van der Waals surface area contributed by atoms with E-state index in [1.165, 1.54) is 13.3 Å². The number of hydrogen-bond donors (Lipinski definition) is 1. The number of methoxy groups -OCH3 is 1. The summed E-state index contributed by atoms with van der Waals surface area (Å²) in [6.45, 7) is 5.65. The Bertz CT molecular complexity index is 988. The van der Waals surface area contributed by atoms with Crippen molar-refractivity contribution in [3.8, 4) is 17.7 Å². The SMILES string of the molecule is CC[C@@H](C)Oc1ccccc1/C=N\NC(=O)COc1nc(C)c(Br)c(COC)c1C#N. The van der Waals surface area contributed by atoms with Crippen molar-refractivity contribution in [2.75, 3.05) is 13.7 Å². The molecular weight excluding hydrogens is 464 g/mol. The highest BCUT2D eigenvalue weighted by atomic mass is 79.9. The third kappa shape index (κ3) is 6.77. The molecule has 164 valence electrons. The molecule has 1 heterocycles. The number of rotatable bonds is 10. The summed E-state index contributed by atoms with van der Waals surface area (Å²) >= 11 is 3.41. The van der Waals surface area contributed by atoms with Crippen LogP contribution >= 0.6 is 15.9 Å². The predicted molar refractivity (Wildman–Crippen MR) is 120 cm³/mol. The number of amides is 1. The lowest BCUT2D eigenvalue weighted by atomic mass is 10.1. The number of halogens is 1. The molecule has 0 unspecified atom stereocenters. The average molecular weight is 489 g/mol. The molecular formula is C22H25BrN4O4. The first-order valence-electron chi connectivity index (χ1n) is 9.69. The number of benzene rings is 1. The molecule has 0 fully saturated rings. The van der Waals surface area contributed by atoms with Crippen LogP contribution in [-0.2, 0) is 16.1 Å². The monoisotopic (exact) mass is 488 g/mol. The summed E-state index contributed by atoms with van der Waals surface area (Å²) in [5.41, 5.74) is 4.60. The molecule has 31 heavy (non-hydrogen) atoms. The number of aryl methyl sites for hydroxylation is 1. The van der Waals surface area contributed by atoms with Gasteiger partial charge in [0.15, 0.2) is 6.61 Å². The van der Waals surface area contributed by atoms with E-state index < -0.39 is 5.91 Å². The summed E-state index contributed by atoms with van der Waals surface area (Å²) in [6, 6.07) is 9.48. The van der Waals surface area contributed by atoms with Gasteiger partial charge in [0.2, 0.25) is 5.88 Å². The van der Waals surface area contributed by atoms with E-state index in [2.05, 4.69) is 37.5 Å². The number of hydrazone groups is 1. The molecule has 0 saturated carbocycles. The number of nitrogens with one attached hydrogen (secondary N) is 1. The number of carbonyl (C=O) groups is 1. The Balaban J connectivity index is 2.03. The van der Waals surface area contributed by atoms with Gasteiger partial charge in [-0.25, -0.2) is 10.4 Å². The van der Waals surface area contributed by atoms with E-state index in [0.717, 1.165) is 12.0 Å². The smallest absolute Gasteiger partial charge is 0.278 e. The van der Waals surface area contributed by atoms with Gasteiger partial charge >= 0.3 is 0 Å². The van der Waals surface area contributed by atoms with Crippen LogP contribution in [0.25, 0.3) is 0 Å². The topological polar surface area (TPSA) is 106 Å². The Morgan fingerprint density at radius 2 is 2.16 bits per heavy atom. The second-order valence-electron chi connectivity index (χ2n) is 6.67. The van der Waals surface area contributed by atoms with Crippen molar-refractivity contribution in [3.05, 3.63) is 51.1 Å². The van der Waals surface area contributed by atoms with Gasteiger partial charge in [-0.15, -0.1) is 0 Å². The number of nitriles is 1. The fraction of sp³-hybridized carbons (Fsp3) is 0.364. The molecule has 0 saturated heterocycles. The Hall–Kier alpha value is -2.96. The fourth-order valence-electron chi connectivity index (χ4n) is 2.55. The van der Waals surface area contributed by atoms with Gasteiger partial charge in [0.25, 0.3) is 5.91 Å². The minimum atomic E-state index is -0.490. The number of carbonyl (C=O) groups excluding carboxylic acids is 1. The lowest BCUT2D eigenvalue weighted by molar-refractivity contribution is -0.123. The normalized spacial score (nSPS) is 11.7. The predicted octanol–water partition coefficient (Wildman–Crippen LogP) is 3.88. The van der Waals surface area contributed by atoms with Crippen LogP contribution in [0.2, 0.25) is 0 Å². The van der Waals surface area contributed by atoms with Crippen molar-refractivity contribution in [3.63, 3.8) is 0 Å². The summed E-state index contributed by atoms with van der Waals surface area (Å²) in [4.78, 5) is 16.4. The second kappa shape index (κ2) is 12.0. The molecule has 0 aliphatic carbocycles. The van der Waals surface area contributed by atoms with Gasteiger partial charge in [-0.3, -0.25) is 4.79 Å². The third-order valence-corrected chi connectivity index (χ3v) is 5.38. The second-order valence-corrected chi connectivity index (χ2v) is 7.46. The number of pyridine rings is 1. The van der Waals surface area contributed by atoms with Gasteiger partial charge in [0.05, 0.1) is 24.6 Å². The first-order valence-corrected chi connectivity index (χ1v) is 10.5. The van der Waals surface area contributed by atoms with Crippen LogP contribution < -0.4 is 14.9 Å². The van der Waals surface area contributed by atoms with Gasteiger partial charge in [-0.05, 0) is 48.3 Å². The lowest BCUT2D eigenvalue weighted by Gasteiger charge is -2.14. The number of aromatic nitrogens is 1. The summed E-state index contributed by atoms with van der Waals surface area (Å²) in [5.74, 6) is 0.266. The number of hydrogen-bond acceptors (Lipinski definition) is 7. The zero-order valence-corrected chi connectivity index (χ0v) is 19.5. The zero-order chi connectivity index (χ0) is 22.8. The largest absolute Gasteiger partial charge is 0.490 e. The number of ether oxygens (including phenoxy) is 3. The van der Waals surface area contributed by atoms with Crippen molar-refractivity contribution in [1.82, 2.24) is 10.4 Å². The summed E-state index contributed by atoms with van der Waals surface area (Å²) in [7, 11) is 1.53. The maximum absolute atomic E-state index is 12.2. The first kappa shape index (κ1) is 24.3. The van der Waals surface area contributed by atoms with Crippen LogP contribution in [0.5, 0.6) is 11.6 Å². The van der Waals surface area contributed by atoms with E-state index in [-0.39, 0.29) is 30.8 Å². The molecule has 1 amide bonds. The number of para-hydroxylation sites is 1. The number of nitrogens with zero attached hydrogens (tertiary/aromatic N) is 3. The highest BCUT2D eigenvalue weighted by Crippen LogP contribution is 2.29. The highest BCUT2D eigenvalue weighted by molar-refractivity contribution is 9.10. The van der Waals surface area contributed by atoms with E-state index in [1.54, 1.807) is 6.92 Å².